The molecular formula is C66H126O23. The molecule has 0 heterocycles. The molecule has 11 atom stereocenters. The second kappa shape index (κ2) is 64.4. The molecule has 0 aliphatic carbocycles. The largest absolute Gasteiger partial charge is 0.481 e. The van der Waals surface area contributed by atoms with E-state index in [2.05, 4.69) is 38.2 Å². The van der Waals surface area contributed by atoms with Gasteiger partial charge in [0.1, 0.15) is 61.5 Å². The lowest BCUT2D eigenvalue weighted by Gasteiger charge is -2.19. The molecule has 11 unspecified atom stereocenters. The highest BCUT2D eigenvalue weighted by Crippen LogP contribution is 2.19. The summed E-state index contributed by atoms with van der Waals surface area (Å²) in [6.07, 6.45) is 28.3. The van der Waals surface area contributed by atoms with Crippen molar-refractivity contribution in [3.8, 4) is 0 Å². The summed E-state index contributed by atoms with van der Waals surface area (Å²) in [5.74, 6) is -2.01. The summed E-state index contributed by atoms with van der Waals surface area (Å²) in [6.45, 7) is 1.09. The van der Waals surface area contributed by atoms with Crippen molar-refractivity contribution in [2.75, 3.05) is 126 Å². The van der Waals surface area contributed by atoms with E-state index in [0.29, 0.717) is 12.8 Å². The maximum atomic E-state index is 12.1. The van der Waals surface area contributed by atoms with Crippen molar-refractivity contribution in [1.82, 2.24) is 0 Å². The van der Waals surface area contributed by atoms with E-state index in [-0.39, 0.29) is 138 Å². The summed E-state index contributed by atoms with van der Waals surface area (Å²) in [5, 5.41) is 111. The van der Waals surface area contributed by atoms with Gasteiger partial charge >= 0.3 is 11.9 Å². The maximum Gasteiger partial charge on any atom is 0.306 e. The van der Waals surface area contributed by atoms with Gasteiger partial charge in [0.05, 0.1) is 131 Å². The van der Waals surface area contributed by atoms with Gasteiger partial charge in [-0.2, -0.15) is 0 Å². The van der Waals surface area contributed by atoms with Gasteiger partial charge in [-0.3, -0.25) is 9.59 Å². The lowest BCUT2D eigenvalue weighted by molar-refractivity contribution is -0.148. The molecule has 528 valence electrons. The van der Waals surface area contributed by atoms with Crippen LogP contribution in [0.25, 0.3) is 0 Å². The van der Waals surface area contributed by atoms with Crippen molar-refractivity contribution in [2.45, 2.75) is 255 Å². The van der Waals surface area contributed by atoms with Crippen LogP contribution in [0.1, 0.15) is 194 Å². The standard InChI is InChI=1S/C66H126O23/c1-3-5-7-9-11-13-15-17-19-21-23-25-27-29-31-33-65(77)89-53-64(76)52-88-51-63(75)50-87-49-62(74)48-86-47-61(73)46-85-45-60(72)44-84-43-59(71)42-83-41-58(70)40-82-39-57(69)38-81-37-56(68)36-80-35-55(67)34-54(66(78)79)32-30-28-26-24-22-20-18-16-14-12-10-8-6-4-2/h17-20,54-64,67-76H,3-16,21-53H2,1-2H3,(H,78,79)/b19-17-,20-18-. The predicted molar refractivity (Wildman–Crippen MR) is 338 cm³/mol. The Balaban J connectivity index is 3.82. The molecule has 0 aliphatic rings. The first-order valence-electron chi connectivity index (χ1n) is 33.7. The van der Waals surface area contributed by atoms with Crippen LogP contribution in [-0.4, -0.2) is 255 Å². The van der Waals surface area contributed by atoms with Crippen molar-refractivity contribution >= 4 is 11.9 Å². The average molecular weight is 1290 g/mol. The highest BCUT2D eigenvalue weighted by Gasteiger charge is 2.22. The molecule has 0 bridgehead atoms. The number of allylic oxidation sites excluding steroid dienone is 4. The van der Waals surface area contributed by atoms with Crippen LogP contribution in [0, 0.1) is 5.92 Å². The molecule has 0 aromatic carbocycles. The Labute approximate surface area is 533 Å². The van der Waals surface area contributed by atoms with Crippen LogP contribution in [0.15, 0.2) is 24.3 Å². The molecule has 11 N–H and O–H groups in total. The molecule has 0 fully saturated rings. The number of aliphatic hydroxyl groups excluding tert-OH is 10. The fourth-order valence-corrected chi connectivity index (χ4v) is 9.12. The molecule has 89 heavy (non-hydrogen) atoms. The van der Waals surface area contributed by atoms with Crippen LogP contribution in [-0.2, 0) is 57.0 Å². The van der Waals surface area contributed by atoms with Gasteiger partial charge in [0.25, 0.3) is 0 Å². The van der Waals surface area contributed by atoms with E-state index < -0.39 is 72.9 Å². The topological polar surface area (TPSA) is 349 Å². The molecule has 0 aromatic rings. The first-order chi connectivity index (χ1) is 43.1. The number of carboxylic acid groups (broad SMARTS) is 1. The third-order valence-corrected chi connectivity index (χ3v) is 14.1. The number of carbonyl (C=O) groups excluding carboxylic acids is 1. The van der Waals surface area contributed by atoms with Crippen molar-refractivity contribution in [1.29, 1.82) is 0 Å². The third kappa shape index (κ3) is 62.9. The molecule has 0 rings (SSSR count). The molecule has 23 heteroatoms. The van der Waals surface area contributed by atoms with Gasteiger partial charge in [-0.05, 0) is 70.6 Å². The van der Waals surface area contributed by atoms with Crippen LogP contribution < -0.4 is 0 Å². The number of carboxylic acids is 1. The molecule has 23 nitrogen and oxygen atoms in total. The Morgan fingerprint density at radius 3 is 0.787 bits per heavy atom. The van der Waals surface area contributed by atoms with E-state index in [9.17, 15) is 65.8 Å². The second-order valence-electron chi connectivity index (χ2n) is 23.7. The van der Waals surface area contributed by atoms with Gasteiger partial charge in [-0.25, -0.2) is 0 Å². The first-order valence-corrected chi connectivity index (χ1v) is 33.7. The van der Waals surface area contributed by atoms with E-state index in [4.69, 9.17) is 47.4 Å². The van der Waals surface area contributed by atoms with Crippen molar-refractivity contribution in [3.05, 3.63) is 24.3 Å². The summed E-state index contributed by atoms with van der Waals surface area (Å²) in [5.41, 5.74) is 0. The summed E-state index contributed by atoms with van der Waals surface area (Å²) >= 11 is 0. The van der Waals surface area contributed by atoms with Gasteiger partial charge in [-0.1, -0.05) is 141 Å². The first kappa shape index (κ1) is 86.7. The van der Waals surface area contributed by atoms with E-state index in [0.717, 1.165) is 77.0 Å². The quantitative estimate of drug-likeness (QED) is 0.0187. The summed E-state index contributed by atoms with van der Waals surface area (Å²) in [7, 11) is 0. The minimum atomic E-state index is -1.08. The van der Waals surface area contributed by atoms with Gasteiger partial charge in [0, 0.05) is 6.42 Å². The maximum absolute atomic E-state index is 12.1. The zero-order valence-corrected chi connectivity index (χ0v) is 54.7. The number of esters is 1. The predicted octanol–water partition coefficient (Wildman–Crippen LogP) is 6.06. The number of ether oxygens (including phenoxy) is 10. The van der Waals surface area contributed by atoms with E-state index >= 15 is 0 Å². The van der Waals surface area contributed by atoms with Gasteiger partial charge < -0.3 is 104 Å². The van der Waals surface area contributed by atoms with Crippen LogP contribution >= 0.6 is 0 Å². The summed E-state index contributed by atoms with van der Waals surface area (Å²) in [6, 6.07) is 0. The van der Waals surface area contributed by atoms with Crippen molar-refractivity contribution in [2.24, 2.45) is 5.92 Å². The second-order valence-corrected chi connectivity index (χ2v) is 23.7. The number of carbonyl (C=O) groups is 2. The lowest BCUT2D eigenvalue weighted by Crippen LogP contribution is -2.32. The minimum absolute atomic E-state index is 0.0508. The zero-order chi connectivity index (χ0) is 65.6. The molecule has 0 saturated heterocycles. The zero-order valence-electron chi connectivity index (χ0n) is 54.7. The normalized spacial score (nSPS) is 15.9. The average Bonchev–Trinajstić information content (AvgIpc) is 3.53. The number of rotatable bonds is 70. The Morgan fingerprint density at radius 1 is 0.292 bits per heavy atom. The number of hydrogen-bond donors (Lipinski definition) is 11. The van der Waals surface area contributed by atoms with Crippen LogP contribution in [0.5, 0.6) is 0 Å². The highest BCUT2D eigenvalue weighted by atomic mass is 16.6. The van der Waals surface area contributed by atoms with E-state index in [1.54, 1.807) is 0 Å². The molecule has 0 amide bonds. The SMILES string of the molecule is CCCCCCCC/C=C\CCCCCCCC(=O)OCC(O)COCC(O)COCC(O)COCC(O)COCC(O)COCC(O)COCC(O)COCC(O)COCC(O)COCC(O)CC(CCCCCC/C=C\CCCCCCCC)C(=O)O. The number of aliphatic carboxylic acids is 1. The van der Waals surface area contributed by atoms with Gasteiger partial charge in [0.15, 0.2) is 0 Å². The number of aliphatic hydroxyl groups is 10. The van der Waals surface area contributed by atoms with Gasteiger partial charge in [-0.15, -0.1) is 0 Å². The van der Waals surface area contributed by atoms with E-state index in [1.165, 1.54) is 83.5 Å². The molecule has 0 spiro atoms. The molecular weight excluding hydrogens is 1160 g/mol. The minimum Gasteiger partial charge on any atom is -0.481 e. The number of unbranched alkanes of at least 4 members (excludes halogenated alkanes) is 21. The number of hydrogen-bond acceptors (Lipinski definition) is 22. The smallest absolute Gasteiger partial charge is 0.306 e. The van der Waals surface area contributed by atoms with Crippen LogP contribution in [0.4, 0.5) is 0 Å². The molecule has 0 radical (unpaired) electrons. The molecule has 0 saturated carbocycles. The molecule has 0 aliphatic heterocycles. The molecule has 0 aromatic heterocycles. The summed E-state index contributed by atoms with van der Waals surface area (Å²) in [4.78, 5) is 23.8. The fraction of sp³-hybridized carbons (Fsp3) is 0.909. The Hall–Kier alpha value is -2.34. The Kier molecular flexibility index (Phi) is 62.7. The van der Waals surface area contributed by atoms with E-state index in [1.807, 2.05) is 0 Å². The Bertz CT molecular complexity index is 1580. The van der Waals surface area contributed by atoms with Crippen molar-refractivity contribution in [3.63, 3.8) is 0 Å². The highest BCUT2D eigenvalue weighted by molar-refractivity contribution is 5.70. The van der Waals surface area contributed by atoms with Crippen molar-refractivity contribution < 1.29 is 113 Å². The van der Waals surface area contributed by atoms with Crippen LogP contribution in [0.3, 0.4) is 0 Å². The third-order valence-electron chi connectivity index (χ3n) is 14.1. The van der Waals surface area contributed by atoms with Gasteiger partial charge in [0.2, 0.25) is 0 Å². The lowest BCUT2D eigenvalue weighted by atomic mass is 9.95. The Morgan fingerprint density at radius 2 is 0.517 bits per heavy atom. The fourth-order valence-electron chi connectivity index (χ4n) is 9.12. The van der Waals surface area contributed by atoms with Crippen LogP contribution in [0.2, 0.25) is 0 Å². The monoisotopic (exact) mass is 1290 g/mol. The summed E-state index contributed by atoms with van der Waals surface area (Å²) < 4.78 is 53.0.